The van der Waals surface area contributed by atoms with E-state index in [1.807, 2.05) is 0 Å². The molecule has 0 fully saturated rings. The highest BCUT2D eigenvalue weighted by Gasteiger charge is 2.23. The molecule has 0 unspecified atom stereocenters. The zero-order valence-corrected chi connectivity index (χ0v) is 22.3. The first-order valence-corrected chi connectivity index (χ1v) is 12.5. The summed E-state index contributed by atoms with van der Waals surface area (Å²) in [5, 5.41) is 8.93. The van der Waals surface area contributed by atoms with E-state index in [-0.39, 0.29) is 33.8 Å². The standard InChI is InChI=1S/C27H24FN3O7S/c1-5-38-27(34)23-18-14-39-25(22(18)26(33)31(30-23)17-9-7-16(28)8-10-17)29-21(32)11-6-15-12-19(35-2)24(37-4)20(13-15)36-3/h6-14H,5H2,1-4H3,(H,29,32)/b11-6+. The average Bonchev–Trinajstić information content (AvgIpc) is 3.36. The van der Waals surface area contributed by atoms with Gasteiger partial charge in [-0.2, -0.15) is 9.78 Å². The van der Waals surface area contributed by atoms with Gasteiger partial charge in [-0.3, -0.25) is 9.59 Å². The fourth-order valence-electron chi connectivity index (χ4n) is 3.77. The smallest absolute Gasteiger partial charge is 0.359 e. The van der Waals surface area contributed by atoms with E-state index in [1.54, 1.807) is 24.4 Å². The van der Waals surface area contributed by atoms with Gasteiger partial charge in [-0.05, 0) is 55.0 Å². The molecular formula is C27H24FN3O7S. The Morgan fingerprint density at radius 3 is 2.33 bits per heavy atom. The number of methoxy groups -OCH3 is 3. The molecule has 39 heavy (non-hydrogen) atoms. The molecule has 0 aliphatic carbocycles. The minimum Gasteiger partial charge on any atom is -0.493 e. The number of halogens is 1. The lowest BCUT2D eigenvalue weighted by Crippen LogP contribution is -2.25. The van der Waals surface area contributed by atoms with Crippen molar-refractivity contribution in [1.29, 1.82) is 0 Å². The molecule has 0 aliphatic heterocycles. The van der Waals surface area contributed by atoms with Crippen molar-refractivity contribution in [1.82, 2.24) is 9.78 Å². The third kappa shape index (κ3) is 5.60. The number of ether oxygens (including phenoxy) is 4. The van der Waals surface area contributed by atoms with Gasteiger partial charge in [0.15, 0.2) is 17.2 Å². The first kappa shape index (κ1) is 27.3. The summed E-state index contributed by atoms with van der Waals surface area (Å²) in [7, 11) is 4.46. The summed E-state index contributed by atoms with van der Waals surface area (Å²) in [6.07, 6.45) is 2.82. The largest absolute Gasteiger partial charge is 0.493 e. The van der Waals surface area contributed by atoms with E-state index < -0.39 is 23.3 Å². The number of benzene rings is 2. The molecule has 2 heterocycles. The minimum atomic E-state index is -0.740. The van der Waals surface area contributed by atoms with Crippen LogP contribution < -0.4 is 25.1 Å². The van der Waals surface area contributed by atoms with Gasteiger partial charge in [-0.15, -0.1) is 11.3 Å². The lowest BCUT2D eigenvalue weighted by atomic mass is 10.1. The van der Waals surface area contributed by atoms with Crippen molar-refractivity contribution in [2.45, 2.75) is 6.92 Å². The third-order valence-electron chi connectivity index (χ3n) is 5.54. The SMILES string of the molecule is CCOC(=O)c1nn(-c2ccc(F)cc2)c(=O)c2c(NC(=O)/C=C/c3cc(OC)c(OC)c(OC)c3)scc12. The topological polar surface area (TPSA) is 118 Å². The molecule has 1 N–H and O–H groups in total. The van der Waals surface area contributed by atoms with Crippen LogP contribution in [0, 0.1) is 5.82 Å². The third-order valence-corrected chi connectivity index (χ3v) is 6.44. The number of esters is 1. The number of anilines is 1. The maximum atomic E-state index is 13.5. The van der Waals surface area contributed by atoms with Gasteiger partial charge in [0.05, 0.1) is 39.0 Å². The van der Waals surface area contributed by atoms with Gasteiger partial charge >= 0.3 is 5.97 Å². The number of rotatable bonds is 9. The van der Waals surface area contributed by atoms with E-state index in [1.165, 1.54) is 57.7 Å². The van der Waals surface area contributed by atoms with E-state index in [2.05, 4.69) is 10.4 Å². The Morgan fingerprint density at radius 2 is 1.74 bits per heavy atom. The van der Waals surface area contributed by atoms with Crippen molar-refractivity contribution >= 4 is 45.1 Å². The van der Waals surface area contributed by atoms with Gasteiger partial charge in [0, 0.05) is 16.8 Å². The number of thiophene rings is 1. The van der Waals surface area contributed by atoms with Crippen LogP contribution in [0.2, 0.25) is 0 Å². The van der Waals surface area contributed by atoms with Gasteiger partial charge in [0.1, 0.15) is 10.8 Å². The van der Waals surface area contributed by atoms with Crippen LogP contribution in [0.15, 0.2) is 52.6 Å². The van der Waals surface area contributed by atoms with E-state index in [0.29, 0.717) is 22.8 Å². The van der Waals surface area contributed by atoms with Crippen molar-refractivity contribution in [2.75, 3.05) is 33.3 Å². The molecular weight excluding hydrogens is 529 g/mol. The maximum Gasteiger partial charge on any atom is 0.359 e. The van der Waals surface area contributed by atoms with E-state index in [0.717, 1.165) is 16.0 Å². The van der Waals surface area contributed by atoms with Crippen LogP contribution >= 0.6 is 11.3 Å². The lowest BCUT2D eigenvalue weighted by molar-refractivity contribution is -0.111. The van der Waals surface area contributed by atoms with Crippen molar-refractivity contribution in [3.63, 3.8) is 0 Å². The summed E-state index contributed by atoms with van der Waals surface area (Å²) in [6.45, 7) is 1.74. The molecule has 0 saturated carbocycles. The highest BCUT2D eigenvalue weighted by molar-refractivity contribution is 7.16. The fraction of sp³-hybridized carbons (Fsp3) is 0.185. The van der Waals surface area contributed by atoms with Crippen molar-refractivity contribution < 1.29 is 32.9 Å². The Hall–Kier alpha value is -4.71. The molecule has 4 aromatic rings. The Kier molecular flexibility index (Phi) is 8.25. The molecule has 202 valence electrons. The van der Waals surface area contributed by atoms with Crippen molar-refractivity contribution in [2.24, 2.45) is 0 Å². The number of fused-ring (bicyclic) bond motifs is 1. The molecule has 4 rings (SSSR count). The molecule has 0 saturated heterocycles. The molecule has 10 nitrogen and oxygen atoms in total. The quantitative estimate of drug-likeness (QED) is 0.239. The Morgan fingerprint density at radius 1 is 1.08 bits per heavy atom. The number of hydrogen-bond acceptors (Lipinski definition) is 9. The first-order chi connectivity index (χ1) is 18.8. The molecule has 0 radical (unpaired) electrons. The molecule has 0 spiro atoms. The normalized spacial score (nSPS) is 11.0. The predicted octanol–water partition coefficient (Wildman–Crippen LogP) is 4.44. The second-order valence-electron chi connectivity index (χ2n) is 7.90. The van der Waals surface area contributed by atoms with Crippen LogP contribution in [0.4, 0.5) is 9.39 Å². The van der Waals surface area contributed by atoms with Gasteiger partial charge in [0.25, 0.3) is 5.56 Å². The Balaban J connectivity index is 1.73. The van der Waals surface area contributed by atoms with Crippen LogP contribution in [0.3, 0.4) is 0 Å². The van der Waals surface area contributed by atoms with E-state index in [9.17, 15) is 18.8 Å². The van der Waals surface area contributed by atoms with Gasteiger partial charge in [0.2, 0.25) is 11.7 Å². The zero-order valence-electron chi connectivity index (χ0n) is 21.4. The summed E-state index contributed by atoms with van der Waals surface area (Å²) in [5.74, 6) is -0.523. The maximum absolute atomic E-state index is 13.5. The predicted molar refractivity (Wildman–Crippen MR) is 145 cm³/mol. The van der Waals surface area contributed by atoms with Gasteiger partial charge in [-0.25, -0.2) is 9.18 Å². The van der Waals surface area contributed by atoms with Crippen LogP contribution in [0.1, 0.15) is 23.0 Å². The minimum absolute atomic E-state index is 0.0666. The highest BCUT2D eigenvalue weighted by atomic mass is 32.1. The van der Waals surface area contributed by atoms with Crippen LogP contribution in [0.5, 0.6) is 17.2 Å². The average molecular weight is 554 g/mol. The van der Waals surface area contributed by atoms with E-state index >= 15 is 0 Å². The molecule has 2 aromatic heterocycles. The van der Waals surface area contributed by atoms with Crippen molar-refractivity contribution in [3.05, 3.63) is 75.3 Å². The van der Waals surface area contributed by atoms with Gasteiger partial charge in [-0.1, -0.05) is 0 Å². The first-order valence-electron chi connectivity index (χ1n) is 11.6. The second-order valence-corrected chi connectivity index (χ2v) is 8.78. The monoisotopic (exact) mass is 553 g/mol. The number of amides is 1. The zero-order chi connectivity index (χ0) is 28.1. The lowest BCUT2D eigenvalue weighted by Gasteiger charge is -2.12. The van der Waals surface area contributed by atoms with Crippen LogP contribution in [-0.4, -0.2) is 49.6 Å². The molecule has 0 bridgehead atoms. The van der Waals surface area contributed by atoms with Crippen LogP contribution in [0.25, 0.3) is 22.5 Å². The Labute approximate surface area is 226 Å². The summed E-state index contributed by atoms with van der Waals surface area (Å²) in [6, 6.07) is 8.39. The summed E-state index contributed by atoms with van der Waals surface area (Å²) >= 11 is 1.06. The number of nitrogens with one attached hydrogen (secondary N) is 1. The van der Waals surface area contributed by atoms with Crippen molar-refractivity contribution in [3.8, 4) is 22.9 Å². The number of carbonyl (C=O) groups excluding carboxylic acids is 2. The van der Waals surface area contributed by atoms with Gasteiger partial charge < -0.3 is 24.3 Å². The molecule has 0 aliphatic rings. The second kappa shape index (κ2) is 11.8. The summed E-state index contributed by atoms with van der Waals surface area (Å²) < 4.78 is 35.6. The Bertz CT molecular complexity index is 1600. The number of nitrogens with zero attached hydrogens (tertiary/aromatic N) is 2. The van der Waals surface area contributed by atoms with E-state index in [4.69, 9.17) is 18.9 Å². The summed E-state index contributed by atoms with van der Waals surface area (Å²) in [4.78, 5) is 39.0. The summed E-state index contributed by atoms with van der Waals surface area (Å²) in [5.41, 5.74) is 0.123. The fourth-order valence-corrected chi connectivity index (χ4v) is 4.71. The number of hydrogen-bond donors (Lipinski definition) is 1. The molecule has 1 amide bonds. The highest BCUT2D eigenvalue weighted by Crippen LogP contribution is 2.38. The molecule has 12 heteroatoms. The molecule has 0 atom stereocenters. The number of aromatic nitrogens is 2. The number of carbonyl (C=O) groups is 2. The molecule has 2 aromatic carbocycles. The van der Waals surface area contributed by atoms with Crippen LogP contribution in [-0.2, 0) is 9.53 Å².